The van der Waals surface area contributed by atoms with Gasteiger partial charge in [-0.15, -0.1) is 5.11 Å². The third-order valence-corrected chi connectivity index (χ3v) is 8.09. The summed E-state index contributed by atoms with van der Waals surface area (Å²) in [7, 11) is 1.20. The van der Waals surface area contributed by atoms with Gasteiger partial charge in [0.15, 0.2) is 29.9 Å². The molecule has 2 heterocycles. The van der Waals surface area contributed by atoms with Gasteiger partial charge in [-0.2, -0.15) is 5.11 Å². The van der Waals surface area contributed by atoms with Crippen LogP contribution in [-0.4, -0.2) is 54.2 Å². The molecule has 1 N–H and O–H groups in total. The highest BCUT2D eigenvalue weighted by atomic mass is 19.1. The number of nitrogens with one attached hydrogen (secondary N) is 1. The highest BCUT2D eigenvalue weighted by Gasteiger charge is 2.54. The Morgan fingerprint density at radius 1 is 1.12 bits per heavy atom. The van der Waals surface area contributed by atoms with E-state index in [2.05, 4.69) is 20.5 Å². The number of hydrogen-bond acceptors (Lipinski definition) is 7. The normalized spacial score (nSPS) is 20.5. The van der Waals surface area contributed by atoms with Crippen LogP contribution in [0.15, 0.2) is 56.6 Å². The SMILES string of the molecule is COc1c(F)cc(C2=NC3(CCCCC3)N([C@@H](c3ccc(C(=O)NCC4=NCN=N4)cc3)C3CC3)C2=O)cc1F. The summed E-state index contributed by atoms with van der Waals surface area (Å²) in [4.78, 5) is 37.7. The van der Waals surface area contributed by atoms with Gasteiger partial charge in [-0.25, -0.2) is 13.8 Å². The highest BCUT2D eigenvalue weighted by molar-refractivity contribution is 6.46. The minimum atomic E-state index is -0.875. The third kappa shape index (κ3) is 4.77. The molecule has 4 aliphatic rings. The lowest BCUT2D eigenvalue weighted by Gasteiger charge is -2.44. The van der Waals surface area contributed by atoms with E-state index in [1.807, 2.05) is 17.0 Å². The van der Waals surface area contributed by atoms with Crippen molar-refractivity contribution in [2.24, 2.45) is 26.1 Å². The smallest absolute Gasteiger partial charge is 0.275 e. The molecule has 0 radical (unpaired) electrons. The molecule has 2 aromatic rings. The van der Waals surface area contributed by atoms with Gasteiger partial charge in [0.25, 0.3) is 11.8 Å². The van der Waals surface area contributed by atoms with Crippen molar-refractivity contribution >= 4 is 23.4 Å². The Labute approximate surface area is 230 Å². The van der Waals surface area contributed by atoms with Crippen LogP contribution in [0.5, 0.6) is 5.75 Å². The van der Waals surface area contributed by atoms with Crippen LogP contribution in [0.3, 0.4) is 0 Å². The topological polar surface area (TPSA) is 108 Å². The summed E-state index contributed by atoms with van der Waals surface area (Å²) in [6.45, 7) is 0.485. The monoisotopic (exact) mass is 548 g/mol. The number of hydrogen-bond donors (Lipinski definition) is 1. The van der Waals surface area contributed by atoms with Crippen molar-refractivity contribution in [2.45, 2.75) is 56.7 Å². The molecule has 0 aromatic heterocycles. The number of rotatable bonds is 8. The van der Waals surface area contributed by atoms with Gasteiger partial charge in [-0.1, -0.05) is 18.6 Å². The number of methoxy groups -OCH3 is 1. The molecule has 0 unspecified atom stereocenters. The number of aliphatic imine (C=N–C) groups is 2. The van der Waals surface area contributed by atoms with Gasteiger partial charge in [0.1, 0.15) is 11.4 Å². The van der Waals surface area contributed by atoms with Crippen LogP contribution in [0.2, 0.25) is 0 Å². The Bertz CT molecular complexity index is 1400. The van der Waals surface area contributed by atoms with Crippen LogP contribution in [-0.2, 0) is 4.79 Å². The van der Waals surface area contributed by atoms with Crippen LogP contribution >= 0.6 is 0 Å². The van der Waals surface area contributed by atoms with E-state index in [1.54, 1.807) is 12.1 Å². The lowest BCUT2D eigenvalue weighted by Crippen LogP contribution is -2.50. The van der Waals surface area contributed by atoms with E-state index in [-0.39, 0.29) is 48.3 Å². The number of carbonyl (C=O) groups excluding carboxylic acids is 2. The first-order valence-corrected chi connectivity index (χ1v) is 13.7. The van der Waals surface area contributed by atoms with Crippen molar-refractivity contribution in [1.29, 1.82) is 0 Å². The molecule has 2 saturated carbocycles. The first kappa shape index (κ1) is 26.2. The van der Waals surface area contributed by atoms with E-state index >= 15 is 0 Å². The molecule has 11 heteroatoms. The second-order valence-electron chi connectivity index (χ2n) is 10.7. The van der Waals surface area contributed by atoms with Crippen LogP contribution in [0.4, 0.5) is 8.78 Å². The number of amidine groups is 1. The summed E-state index contributed by atoms with van der Waals surface area (Å²) < 4.78 is 34.1. The Morgan fingerprint density at radius 3 is 2.42 bits per heavy atom. The molecular weight excluding hydrogens is 518 g/mol. The van der Waals surface area contributed by atoms with E-state index in [0.717, 1.165) is 49.8 Å². The van der Waals surface area contributed by atoms with E-state index < -0.39 is 23.0 Å². The molecule has 208 valence electrons. The molecule has 6 rings (SSSR count). The van der Waals surface area contributed by atoms with Crippen LogP contribution in [0.25, 0.3) is 0 Å². The molecule has 2 aromatic carbocycles. The van der Waals surface area contributed by atoms with E-state index in [0.29, 0.717) is 24.2 Å². The summed E-state index contributed by atoms with van der Waals surface area (Å²) in [6.07, 6.45) is 6.17. The molecule has 1 spiro atoms. The van der Waals surface area contributed by atoms with Gasteiger partial charge >= 0.3 is 0 Å². The van der Waals surface area contributed by atoms with Crippen molar-refractivity contribution in [3.05, 3.63) is 64.7 Å². The highest BCUT2D eigenvalue weighted by Crippen LogP contribution is 2.52. The fraction of sp³-hybridized carbons (Fsp3) is 0.448. The Hall–Kier alpha value is -4.02. The number of ether oxygens (including phenoxy) is 1. The molecule has 2 aliphatic carbocycles. The molecule has 9 nitrogen and oxygen atoms in total. The maximum absolute atomic E-state index is 14.6. The summed E-state index contributed by atoms with van der Waals surface area (Å²) in [5, 5.41) is 10.4. The fourth-order valence-electron chi connectivity index (χ4n) is 6.03. The van der Waals surface area contributed by atoms with Gasteiger partial charge in [-0.3, -0.25) is 14.6 Å². The maximum atomic E-state index is 14.6. The van der Waals surface area contributed by atoms with Crippen molar-refractivity contribution in [1.82, 2.24) is 10.2 Å². The first-order valence-electron chi connectivity index (χ1n) is 13.7. The van der Waals surface area contributed by atoms with Crippen molar-refractivity contribution in [3.8, 4) is 5.75 Å². The average Bonchev–Trinajstić information content (AvgIpc) is 3.59. The number of halogens is 2. The number of nitrogens with zero attached hydrogens (tertiary/aromatic N) is 5. The minimum absolute atomic E-state index is 0.0796. The average molecular weight is 549 g/mol. The first-order chi connectivity index (χ1) is 19.4. The zero-order valence-electron chi connectivity index (χ0n) is 22.2. The number of benzene rings is 2. The number of azo groups is 1. The lowest BCUT2D eigenvalue weighted by atomic mass is 9.86. The summed E-state index contributed by atoms with van der Waals surface area (Å²) in [5.41, 5.74) is 0.819. The van der Waals surface area contributed by atoms with Crippen molar-refractivity contribution in [2.75, 3.05) is 20.3 Å². The molecule has 0 saturated heterocycles. The van der Waals surface area contributed by atoms with Crippen molar-refractivity contribution in [3.63, 3.8) is 0 Å². The predicted octanol–water partition coefficient (Wildman–Crippen LogP) is 4.97. The van der Waals surface area contributed by atoms with Crippen LogP contribution in [0, 0.1) is 17.6 Å². The summed E-state index contributed by atoms with van der Waals surface area (Å²) in [6, 6.07) is 9.26. The van der Waals surface area contributed by atoms with Gasteiger partial charge < -0.3 is 15.0 Å². The van der Waals surface area contributed by atoms with Crippen LogP contribution in [0.1, 0.15) is 72.5 Å². The van der Waals surface area contributed by atoms with E-state index in [9.17, 15) is 18.4 Å². The van der Waals surface area contributed by atoms with E-state index in [1.165, 1.54) is 7.11 Å². The van der Waals surface area contributed by atoms with Gasteiger partial charge in [-0.05, 0) is 74.3 Å². The van der Waals surface area contributed by atoms with Gasteiger partial charge in [0, 0.05) is 11.1 Å². The molecule has 2 amide bonds. The maximum Gasteiger partial charge on any atom is 0.275 e. The number of amides is 2. The molecule has 1 atom stereocenters. The lowest BCUT2D eigenvalue weighted by molar-refractivity contribution is -0.133. The van der Waals surface area contributed by atoms with E-state index in [4.69, 9.17) is 9.73 Å². The molecular formula is C29H30F2N6O3. The minimum Gasteiger partial charge on any atom is -0.491 e. The quantitative estimate of drug-likeness (QED) is 0.503. The summed E-state index contributed by atoms with van der Waals surface area (Å²) in [5.74, 6) is -2.09. The molecule has 2 aliphatic heterocycles. The zero-order chi connectivity index (χ0) is 27.9. The second-order valence-corrected chi connectivity index (χ2v) is 10.7. The predicted molar refractivity (Wildman–Crippen MR) is 144 cm³/mol. The Morgan fingerprint density at radius 2 is 1.82 bits per heavy atom. The van der Waals surface area contributed by atoms with Crippen LogP contribution < -0.4 is 10.1 Å². The second kappa shape index (κ2) is 10.5. The van der Waals surface area contributed by atoms with Gasteiger partial charge in [0.2, 0.25) is 0 Å². The zero-order valence-corrected chi connectivity index (χ0v) is 22.2. The molecule has 0 bridgehead atoms. The van der Waals surface area contributed by atoms with Gasteiger partial charge in [0.05, 0.1) is 19.7 Å². The molecule has 2 fully saturated rings. The number of carbonyl (C=O) groups is 2. The third-order valence-electron chi connectivity index (χ3n) is 8.09. The Kier molecular flexibility index (Phi) is 6.89. The molecule has 40 heavy (non-hydrogen) atoms. The standard InChI is InChI=1S/C29H30F2N6O3/c1-40-26-21(30)13-20(14-22(26)31)24-28(39)37(29(35-24)11-3-2-4-12-29)25(17-5-6-17)18-7-9-19(10-8-18)27(38)32-15-23-33-16-34-36-23/h7-10,13-14,17,25H,2-6,11-12,15-16H2,1H3,(H,32,38)/t25-/m1/s1. The largest absolute Gasteiger partial charge is 0.491 e. The summed E-state index contributed by atoms with van der Waals surface area (Å²) >= 11 is 0. The van der Waals surface area contributed by atoms with Crippen molar-refractivity contribution < 1.29 is 23.1 Å². The fourth-order valence-corrected chi connectivity index (χ4v) is 6.03. The Balaban J connectivity index is 1.31.